The summed E-state index contributed by atoms with van der Waals surface area (Å²) >= 11 is 0. The summed E-state index contributed by atoms with van der Waals surface area (Å²) < 4.78 is 5.42. The van der Waals surface area contributed by atoms with Gasteiger partial charge in [-0.3, -0.25) is 9.59 Å². The first-order chi connectivity index (χ1) is 28.5. The molecule has 0 aromatic heterocycles. The number of ether oxygens (including phenoxy) is 1. The van der Waals surface area contributed by atoms with Crippen LogP contribution in [0, 0.1) is 0 Å². The minimum absolute atomic E-state index is 0.0455. The Morgan fingerprint density at radius 2 is 0.810 bits per heavy atom. The Balaban J connectivity index is 3.54. The first-order valence-corrected chi connectivity index (χ1v) is 25.6. The van der Waals surface area contributed by atoms with E-state index >= 15 is 0 Å². The summed E-state index contributed by atoms with van der Waals surface area (Å²) in [5.74, 6) is -0.116. The van der Waals surface area contributed by atoms with E-state index in [-0.39, 0.29) is 18.5 Å². The van der Waals surface area contributed by atoms with Gasteiger partial charge in [0.2, 0.25) is 5.91 Å². The average Bonchev–Trinajstić information content (AvgIpc) is 3.22. The highest BCUT2D eigenvalue weighted by Crippen LogP contribution is 2.16. The molecule has 342 valence electrons. The predicted octanol–water partition coefficient (Wildman–Crippen LogP) is 15.1. The van der Waals surface area contributed by atoms with Crippen molar-refractivity contribution in [1.82, 2.24) is 5.32 Å². The van der Waals surface area contributed by atoms with Gasteiger partial charge in [-0.05, 0) is 77.0 Å². The smallest absolute Gasteiger partial charge is 0.305 e. The summed E-state index contributed by atoms with van der Waals surface area (Å²) in [6.07, 6.45) is 55.8. The number of carbonyl (C=O) groups is 2. The molecule has 2 atom stereocenters. The molecule has 0 saturated heterocycles. The molecule has 0 bridgehead atoms. The number of hydrogen-bond donors (Lipinski definition) is 3. The molecule has 0 heterocycles. The second kappa shape index (κ2) is 48.0. The summed E-state index contributed by atoms with van der Waals surface area (Å²) in [7, 11) is 0. The summed E-state index contributed by atoms with van der Waals surface area (Å²) in [6.45, 7) is 4.85. The van der Waals surface area contributed by atoms with Crippen LogP contribution in [0.5, 0.6) is 0 Å². The third-order valence-electron chi connectivity index (χ3n) is 11.7. The lowest BCUT2D eigenvalue weighted by Gasteiger charge is -2.22. The maximum atomic E-state index is 12.4. The lowest BCUT2D eigenvalue weighted by atomic mass is 10.0. The van der Waals surface area contributed by atoms with E-state index in [1.165, 1.54) is 161 Å². The SMILES string of the molecule is CCCCCC/C=C\CCCCCCCC(=O)OCCCC/C=C\CCCCCCC(=O)NC(CO)C(O)CCCCCCCCCCCCCCCCCCCC. The van der Waals surface area contributed by atoms with Crippen molar-refractivity contribution < 1.29 is 24.5 Å². The first kappa shape index (κ1) is 56.3. The van der Waals surface area contributed by atoms with E-state index in [4.69, 9.17) is 4.74 Å². The number of hydrogen-bond acceptors (Lipinski definition) is 5. The number of rotatable bonds is 47. The van der Waals surface area contributed by atoms with Crippen LogP contribution in [0.4, 0.5) is 0 Å². The number of unbranched alkanes of at least 4 members (excludes halogenated alkanes) is 32. The molecule has 0 aromatic rings. The van der Waals surface area contributed by atoms with Crippen molar-refractivity contribution in [2.45, 2.75) is 283 Å². The van der Waals surface area contributed by atoms with Gasteiger partial charge in [0.15, 0.2) is 0 Å². The third-order valence-corrected chi connectivity index (χ3v) is 11.7. The summed E-state index contributed by atoms with van der Waals surface area (Å²) in [5, 5.41) is 23.2. The van der Waals surface area contributed by atoms with Crippen LogP contribution in [-0.4, -0.2) is 47.4 Å². The minimum atomic E-state index is -0.686. The highest BCUT2D eigenvalue weighted by molar-refractivity contribution is 5.76. The van der Waals surface area contributed by atoms with E-state index in [2.05, 4.69) is 43.5 Å². The van der Waals surface area contributed by atoms with Gasteiger partial charge < -0.3 is 20.3 Å². The summed E-state index contributed by atoms with van der Waals surface area (Å²) in [5.41, 5.74) is 0. The van der Waals surface area contributed by atoms with E-state index in [0.717, 1.165) is 77.0 Å². The predicted molar refractivity (Wildman–Crippen MR) is 250 cm³/mol. The monoisotopic (exact) mass is 818 g/mol. The van der Waals surface area contributed by atoms with Crippen LogP contribution in [0.15, 0.2) is 24.3 Å². The zero-order chi connectivity index (χ0) is 42.3. The van der Waals surface area contributed by atoms with E-state index in [9.17, 15) is 19.8 Å². The van der Waals surface area contributed by atoms with Gasteiger partial charge in [0.25, 0.3) is 0 Å². The molecule has 0 aromatic carbocycles. The molecule has 0 radical (unpaired) electrons. The first-order valence-electron chi connectivity index (χ1n) is 25.6. The Morgan fingerprint density at radius 3 is 1.24 bits per heavy atom. The number of aliphatic hydroxyl groups is 2. The van der Waals surface area contributed by atoms with Crippen molar-refractivity contribution in [1.29, 1.82) is 0 Å². The molecule has 0 aliphatic heterocycles. The van der Waals surface area contributed by atoms with Gasteiger partial charge in [-0.25, -0.2) is 0 Å². The lowest BCUT2D eigenvalue weighted by molar-refractivity contribution is -0.143. The van der Waals surface area contributed by atoms with Crippen LogP contribution < -0.4 is 5.32 Å². The van der Waals surface area contributed by atoms with E-state index < -0.39 is 12.1 Å². The Labute approximate surface area is 361 Å². The molecular formula is C52H99NO5. The Morgan fingerprint density at radius 1 is 0.466 bits per heavy atom. The van der Waals surface area contributed by atoms with Crippen molar-refractivity contribution in [3.05, 3.63) is 24.3 Å². The van der Waals surface area contributed by atoms with Crippen LogP contribution in [0.25, 0.3) is 0 Å². The number of aliphatic hydroxyl groups excluding tert-OH is 2. The standard InChI is InChI=1S/C52H99NO5/c1-3-5-7-9-11-13-15-17-18-19-20-21-23-24-28-32-36-40-44-50(55)49(48-54)53-51(56)45-41-37-33-29-26-27-31-35-39-43-47-58-52(57)46-42-38-34-30-25-22-16-14-12-10-8-6-4-2/h14,16,27,31,49-50,54-55H,3-13,15,17-26,28-30,32-48H2,1-2H3,(H,53,56)/b16-14-,31-27-. The van der Waals surface area contributed by atoms with E-state index in [0.29, 0.717) is 25.9 Å². The van der Waals surface area contributed by atoms with Gasteiger partial charge in [-0.2, -0.15) is 0 Å². The second-order valence-electron chi connectivity index (χ2n) is 17.5. The third kappa shape index (κ3) is 43.9. The fraction of sp³-hybridized carbons (Fsp3) is 0.885. The second-order valence-corrected chi connectivity index (χ2v) is 17.5. The van der Waals surface area contributed by atoms with Crippen LogP contribution in [-0.2, 0) is 14.3 Å². The molecule has 0 rings (SSSR count). The van der Waals surface area contributed by atoms with Crippen LogP contribution in [0.2, 0.25) is 0 Å². The van der Waals surface area contributed by atoms with Crippen molar-refractivity contribution in [3.8, 4) is 0 Å². The average molecular weight is 818 g/mol. The Hall–Kier alpha value is -1.66. The molecule has 2 unspecified atom stereocenters. The fourth-order valence-corrected chi connectivity index (χ4v) is 7.74. The molecular weight excluding hydrogens is 719 g/mol. The van der Waals surface area contributed by atoms with Gasteiger partial charge in [0.1, 0.15) is 0 Å². The lowest BCUT2D eigenvalue weighted by Crippen LogP contribution is -2.45. The molecule has 6 nitrogen and oxygen atoms in total. The number of amides is 1. The molecule has 6 heteroatoms. The van der Waals surface area contributed by atoms with Crippen LogP contribution in [0.1, 0.15) is 271 Å². The highest BCUT2D eigenvalue weighted by Gasteiger charge is 2.20. The molecule has 58 heavy (non-hydrogen) atoms. The zero-order valence-corrected chi connectivity index (χ0v) is 38.8. The van der Waals surface area contributed by atoms with Gasteiger partial charge in [-0.1, -0.05) is 205 Å². The molecule has 3 N–H and O–H groups in total. The normalized spacial score (nSPS) is 12.8. The Kier molecular flexibility index (Phi) is 46.6. The van der Waals surface area contributed by atoms with Crippen molar-refractivity contribution in [3.63, 3.8) is 0 Å². The van der Waals surface area contributed by atoms with Crippen molar-refractivity contribution >= 4 is 11.9 Å². The largest absolute Gasteiger partial charge is 0.466 e. The molecule has 0 aliphatic carbocycles. The topological polar surface area (TPSA) is 95.9 Å². The molecule has 0 saturated carbocycles. The highest BCUT2D eigenvalue weighted by atomic mass is 16.5. The van der Waals surface area contributed by atoms with Crippen molar-refractivity contribution in [2.24, 2.45) is 0 Å². The minimum Gasteiger partial charge on any atom is -0.466 e. The fourth-order valence-electron chi connectivity index (χ4n) is 7.74. The van der Waals surface area contributed by atoms with E-state index in [1.54, 1.807) is 0 Å². The molecule has 1 amide bonds. The van der Waals surface area contributed by atoms with Crippen molar-refractivity contribution in [2.75, 3.05) is 13.2 Å². The number of esters is 1. The van der Waals surface area contributed by atoms with E-state index in [1.807, 2.05) is 0 Å². The Bertz CT molecular complexity index is 904. The summed E-state index contributed by atoms with van der Waals surface area (Å²) in [4.78, 5) is 24.4. The van der Waals surface area contributed by atoms with Gasteiger partial charge in [0, 0.05) is 12.8 Å². The number of nitrogens with one attached hydrogen (secondary N) is 1. The zero-order valence-electron chi connectivity index (χ0n) is 38.8. The molecule has 0 aliphatic rings. The van der Waals surface area contributed by atoms with Gasteiger partial charge in [-0.15, -0.1) is 0 Å². The number of allylic oxidation sites excluding steroid dienone is 4. The summed E-state index contributed by atoms with van der Waals surface area (Å²) in [6, 6.07) is -0.567. The molecule has 0 fully saturated rings. The molecule has 0 spiro atoms. The van der Waals surface area contributed by atoms with Crippen LogP contribution in [0.3, 0.4) is 0 Å². The van der Waals surface area contributed by atoms with Gasteiger partial charge in [0.05, 0.1) is 25.4 Å². The maximum Gasteiger partial charge on any atom is 0.305 e. The maximum absolute atomic E-state index is 12.4. The number of carbonyl (C=O) groups excluding carboxylic acids is 2. The van der Waals surface area contributed by atoms with Crippen LogP contribution >= 0.6 is 0 Å². The van der Waals surface area contributed by atoms with Gasteiger partial charge >= 0.3 is 5.97 Å². The quantitative estimate of drug-likeness (QED) is 0.0323.